The zero-order valence-electron chi connectivity index (χ0n) is 20.3. The summed E-state index contributed by atoms with van der Waals surface area (Å²) >= 11 is 0.698. The summed E-state index contributed by atoms with van der Waals surface area (Å²) in [5.41, 5.74) is -2.04. The topological polar surface area (TPSA) is 107 Å². The van der Waals surface area contributed by atoms with Crippen molar-refractivity contribution in [3.8, 4) is 10.4 Å². The molecule has 0 saturated carbocycles. The largest absolute Gasteiger partial charge is 0.417 e. The summed E-state index contributed by atoms with van der Waals surface area (Å²) in [5, 5.41) is 14.5. The van der Waals surface area contributed by atoms with Crippen LogP contribution >= 0.6 is 11.3 Å². The number of pyridine rings is 1. The number of halogens is 3. The van der Waals surface area contributed by atoms with Crippen molar-refractivity contribution in [3.05, 3.63) is 28.5 Å². The van der Waals surface area contributed by atoms with Gasteiger partial charge in [-0.3, -0.25) is 9.59 Å². The molecule has 1 aliphatic heterocycles. The maximum Gasteiger partial charge on any atom is 0.417 e. The van der Waals surface area contributed by atoms with E-state index < -0.39 is 35.1 Å². The lowest BCUT2D eigenvalue weighted by molar-refractivity contribution is -0.137. The predicted molar refractivity (Wildman–Crippen MR) is 127 cm³/mol. The first-order valence-corrected chi connectivity index (χ1v) is 12.1. The van der Waals surface area contributed by atoms with Crippen molar-refractivity contribution >= 4 is 29.0 Å². The Morgan fingerprint density at radius 3 is 2.54 bits per heavy atom. The molecule has 0 unspecified atom stereocenters. The highest BCUT2D eigenvalue weighted by molar-refractivity contribution is 7.17. The Morgan fingerprint density at radius 2 is 2.00 bits per heavy atom. The fraction of sp³-hybridized carbons (Fsp3) is 0.565. The number of likely N-dealkylation sites (tertiary alicyclic amines) is 1. The van der Waals surface area contributed by atoms with Gasteiger partial charge in [-0.05, 0) is 53.5 Å². The monoisotopic (exact) mass is 513 g/mol. The van der Waals surface area contributed by atoms with E-state index in [0.717, 1.165) is 25.1 Å². The highest BCUT2D eigenvalue weighted by Crippen LogP contribution is 2.42. The van der Waals surface area contributed by atoms with E-state index in [4.69, 9.17) is 0 Å². The van der Waals surface area contributed by atoms with Crippen LogP contribution in [0.1, 0.15) is 73.3 Å². The molecule has 0 radical (unpaired) electrons. The van der Waals surface area contributed by atoms with Crippen LogP contribution in [-0.2, 0) is 6.18 Å². The van der Waals surface area contributed by atoms with Gasteiger partial charge in [0.2, 0.25) is 0 Å². The number of aliphatic hydroxyl groups excluding tert-OH is 1. The fourth-order valence-corrected chi connectivity index (χ4v) is 4.75. The Hall–Kier alpha value is -2.73. The van der Waals surface area contributed by atoms with Crippen molar-refractivity contribution in [1.29, 1.82) is 0 Å². The van der Waals surface area contributed by atoms with Crippen LogP contribution in [0.2, 0.25) is 0 Å². The van der Waals surface area contributed by atoms with Crippen molar-refractivity contribution in [2.45, 2.75) is 71.3 Å². The number of nitrogens with zero attached hydrogens (tertiary/aromatic N) is 3. The first-order valence-electron chi connectivity index (χ1n) is 11.3. The molecule has 2 aromatic heterocycles. The van der Waals surface area contributed by atoms with E-state index in [2.05, 4.69) is 20.6 Å². The van der Waals surface area contributed by atoms with E-state index in [0.29, 0.717) is 17.9 Å². The molecule has 0 aliphatic carbocycles. The number of aliphatic hydroxyl groups is 1. The minimum Gasteiger partial charge on any atom is -0.394 e. The molecule has 2 amide bonds. The lowest BCUT2D eigenvalue weighted by atomic mass is 10.1. The van der Waals surface area contributed by atoms with Crippen LogP contribution in [0.4, 0.5) is 19.0 Å². The second kappa shape index (κ2) is 10.1. The molecule has 2 aromatic rings. The molecule has 0 aromatic carbocycles. The average molecular weight is 514 g/mol. The van der Waals surface area contributed by atoms with E-state index >= 15 is 0 Å². The number of hydrogen-bond donors (Lipinski definition) is 3. The van der Waals surface area contributed by atoms with Crippen molar-refractivity contribution in [1.82, 2.24) is 20.2 Å². The summed E-state index contributed by atoms with van der Waals surface area (Å²) in [4.78, 5) is 35.9. The van der Waals surface area contributed by atoms with E-state index in [1.54, 1.807) is 32.6 Å². The third-order valence-electron chi connectivity index (χ3n) is 5.45. The molecule has 12 heteroatoms. The molecule has 35 heavy (non-hydrogen) atoms. The Bertz CT molecular complexity index is 1100. The number of rotatable bonds is 6. The zero-order valence-corrected chi connectivity index (χ0v) is 21.1. The number of alkyl halides is 3. The summed E-state index contributed by atoms with van der Waals surface area (Å²) in [6.45, 7) is 8.95. The van der Waals surface area contributed by atoms with E-state index in [1.165, 1.54) is 0 Å². The van der Waals surface area contributed by atoms with Gasteiger partial charge in [0.15, 0.2) is 5.01 Å². The van der Waals surface area contributed by atoms with Crippen LogP contribution in [0.25, 0.3) is 10.4 Å². The molecule has 3 N–H and O–H groups in total. The number of amides is 2. The van der Waals surface area contributed by atoms with Crippen molar-refractivity contribution in [2.24, 2.45) is 0 Å². The number of thiazole rings is 1. The first kappa shape index (κ1) is 26.9. The van der Waals surface area contributed by atoms with Gasteiger partial charge in [-0.2, -0.15) is 13.2 Å². The highest BCUT2D eigenvalue weighted by atomic mass is 32.1. The molecule has 8 nitrogen and oxygen atoms in total. The number of aromatic nitrogens is 2. The number of carbonyl (C=O) groups excluding carboxylic acids is 2. The molecule has 0 spiro atoms. The minimum absolute atomic E-state index is 0.0360. The van der Waals surface area contributed by atoms with Crippen LogP contribution < -0.4 is 10.6 Å². The molecule has 1 aliphatic rings. The lowest BCUT2D eigenvalue weighted by Gasteiger charge is -2.23. The highest BCUT2D eigenvalue weighted by Gasteiger charge is 2.38. The Kier molecular flexibility index (Phi) is 7.75. The lowest BCUT2D eigenvalue weighted by Crippen LogP contribution is -2.35. The zero-order chi connectivity index (χ0) is 26.1. The summed E-state index contributed by atoms with van der Waals surface area (Å²) < 4.78 is 42.5. The van der Waals surface area contributed by atoms with Crippen LogP contribution in [0, 0.1) is 0 Å². The summed E-state index contributed by atoms with van der Waals surface area (Å²) in [7, 11) is 0. The molecule has 1 saturated heterocycles. The fourth-order valence-electron chi connectivity index (χ4n) is 3.77. The molecule has 1 fully saturated rings. The Morgan fingerprint density at radius 1 is 1.31 bits per heavy atom. The van der Waals surface area contributed by atoms with Gasteiger partial charge in [-0.25, -0.2) is 9.97 Å². The van der Waals surface area contributed by atoms with Crippen molar-refractivity contribution < 1.29 is 27.9 Å². The van der Waals surface area contributed by atoms with E-state index in [-0.39, 0.29) is 39.6 Å². The van der Waals surface area contributed by atoms with Gasteiger partial charge < -0.3 is 20.6 Å². The van der Waals surface area contributed by atoms with E-state index in [1.807, 2.05) is 6.92 Å². The molecule has 3 rings (SSSR count). The standard InChI is InChI=1S/C23H30F3N5O3S/c1-12(11-32)28-19(33)20-29-17(21(34)31-8-6-7-13(31)2)18(35-20)14-10-27-16(30-22(3,4)5)9-15(14)23(24,25)26/h9-10,12-13,32H,6-8,11H2,1-5H3,(H,27,30)(H,28,33)/t12-,13+/m1/s1. The molecule has 2 atom stereocenters. The van der Waals surface area contributed by atoms with Crippen molar-refractivity contribution in [3.63, 3.8) is 0 Å². The van der Waals surface area contributed by atoms with Gasteiger partial charge in [-0.15, -0.1) is 11.3 Å². The number of anilines is 1. The van der Waals surface area contributed by atoms with Gasteiger partial charge in [-0.1, -0.05) is 0 Å². The molecular weight excluding hydrogens is 483 g/mol. The van der Waals surface area contributed by atoms with Gasteiger partial charge in [0.05, 0.1) is 17.0 Å². The summed E-state index contributed by atoms with van der Waals surface area (Å²) in [6.07, 6.45) is -2.14. The second-order valence-electron chi connectivity index (χ2n) is 9.73. The van der Waals surface area contributed by atoms with Crippen LogP contribution in [-0.4, -0.2) is 62.6 Å². The molecule has 0 bridgehead atoms. The van der Waals surface area contributed by atoms with Crippen molar-refractivity contribution in [2.75, 3.05) is 18.5 Å². The Balaban J connectivity index is 2.16. The third-order valence-corrected chi connectivity index (χ3v) is 6.53. The van der Waals surface area contributed by atoms with Gasteiger partial charge >= 0.3 is 6.18 Å². The van der Waals surface area contributed by atoms with Crippen LogP contribution in [0.5, 0.6) is 0 Å². The number of carbonyl (C=O) groups is 2. The minimum atomic E-state index is -4.74. The third kappa shape index (κ3) is 6.29. The summed E-state index contributed by atoms with van der Waals surface area (Å²) in [6, 6.07) is 0.214. The smallest absolute Gasteiger partial charge is 0.394 e. The quantitative estimate of drug-likeness (QED) is 0.535. The maximum atomic E-state index is 14.2. The molecule has 192 valence electrons. The van der Waals surface area contributed by atoms with Crippen LogP contribution in [0.3, 0.4) is 0 Å². The first-order chi connectivity index (χ1) is 16.2. The second-order valence-corrected chi connectivity index (χ2v) is 10.7. The van der Waals surface area contributed by atoms with Crippen LogP contribution in [0.15, 0.2) is 12.3 Å². The van der Waals surface area contributed by atoms with E-state index in [9.17, 15) is 27.9 Å². The summed E-state index contributed by atoms with van der Waals surface area (Å²) in [5.74, 6) is -1.17. The maximum absolute atomic E-state index is 14.2. The molecular formula is C23H30F3N5O3S. The van der Waals surface area contributed by atoms with Gasteiger partial charge in [0, 0.05) is 35.9 Å². The number of hydrogen-bond acceptors (Lipinski definition) is 7. The SMILES string of the molecule is C[C@H](CO)NC(=O)c1nc(C(=O)N2CCC[C@@H]2C)c(-c2cnc(NC(C)(C)C)cc2C(F)(F)F)s1. The predicted octanol–water partition coefficient (Wildman–Crippen LogP) is 4.17. The van der Waals surface area contributed by atoms with Gasteiger partial charge in [0.25, 0.3) is 11.8 Å². The molecule has 3 heterocycles. The van der Waals surface area contributed by atoms with Gasteiger partial charge in [0.1, 0.15) is 11.5 Å². The normalized spacial score (nSPS) is 17.4. The number of nitrogens with one attached hydrogen (secondary N) is 2. The Labute approximate surface area is 206 Å². The average Bonchev–Trinajstić information content (AvgIpc) is 3.38.